The van der Waals surface area contributed by atoms with Gasteiger partial charge in [0.25, 0.3) is 0 Å². The normalized spacial score (nSPS) is 12.5. The van der Waals surface area contributed by atoms with Crippen LogP contribution in [0.2, 0.25) is 0 Å². The van der Waals surface area contributed by atoms with Crippen molar-refractivity contribution in [2.24, 2.45) is 0 Å². The first-order valence-corrected chi connectivity index (χ1v) is 5.62. The Bertz CT molecular complexity index is 317. The largest absolute Gasteiger partial charge is 0.488 e. The average molecular weight is 277 g/mol. The summed E-state index contributed by atoms with van der Waals surface area (Å²) in [6, 6.07) is 4.96. The minimum absolute atomic E-state index is 0.0339. The maximum Gasteiger partial charge on any atom is 0.179 e. The van der Waals surface area contributed by atoms with Gasteiger partial charge in [0.15, 0.2) is 11.6 Å². The average Bonchev–Trinajstić information content (AvgIpc) is 2.21. The third-order valence-corrected chi connectivity index (χ3v) is 2.45. The molecule has 0 N–H and O–H groups in total. The second-order valence-corrected chi connectivity index (χ2v) is 3.98. The summed E-state index contributed by atoms with van der Waals surface area (Å²) >= 11 is 3.10. The highest BCUT2D eigenvalue weighted by Crippen LogP contribution is 2.24. The zero-order valence-corrected chi connectivity index (χ0v) is 10.4. The van der Waals surface area contributed by atoms with E-state index >= 15 is 0 Å². The molecule has 1 aromatic carbocycles. The zero-order chi connectivity index (χ0) is 11.3. The van der Waals surface area contributed by atoms with Gasteiger partial charge in [0, 0.05) is 6.61 Å². The SMILES string of the molecule is CCOC(C)COc1cccc(Br)c1F. The summed E-state index contributed by atoms with van der Waals surface area (Å²) in [6.07, 6.45) is -0.0339. The topological polar surface area (TPSA) is 18.5 Å². The van der Waals surface area contributed by atoms with E-state index in [1.807, 2.05) is 13.8 Å². The predicted molar refractivity (Wildman–Crippen MR) is 60.7 cm³/mol. The third kappa shape index (κ3) is 3.80. The van der Waals surface area contributed by atoms with Gasteiger partial charge in [-0.3, -0.25) is 0 Å². The van der Waals surface area contributed by atoms with E-state index in [9.17, 15) is 4.39 Å². The Morgan fingerprint density at radius 1 is 1.47 bits per heavy atom. The zero-order valence-electron chi connectivity index (χ0n) is 8.80. The minimum Gasteiger partial charge on any atom is -0.488 e. The van der Waals surface area contributed by atoms with E-state index in [0.717, 1.165) is 0 Å². The van der Waals surface area contributed by atoms with Crippen LogP contribution in [0.1, 0.15) is 13.8 Å². The van der Waals surface area contributed by atoms with Crippen LogP contribution in [0.25, 0.3) is 0 Å². The van der Waals surface area contributed by atoms with Gasteiger partial charge in [-0.25, -0.2) is 4.39 Å². The monoisotopic (exact) mass is 276 g/mol. The highest BCUT2D eigenvalue weighted by atomic mass is 79.9. The lowest BCUT2D eigenvalue weighted by Gasteiger charge is -2.13. The molecule has 0 amide bonds. The summed E-state index contributed by atoms with van der Waals surface area (Å²) in [5.74, 6) is -0.128. The van der Waals surface area contributed by atoms with E-state index < -0.39 is 0 Å². The second-order valence-electron chi connectivity index (χ2n) is 3.13. The Kier molecular flexibility index (Phi) is 5.05. The molecular weight excluding hydrogens is 263 g/mol. The van der Waals surface area contributed by atoms with Crippen LogP contribution in [0.4, 0.5) is 4.39 Å². The van der Waals surface area contributed by atoms with Crippen molar-refractivity contribution in [3.63, 3.8) is 0 Å². The van der Waals surface area contributed by atoms with E-state index in [1.165, 1.54) is 0 Å². The summed E-state index contributed by atoms with van der Waals surface area (Å²) in [6.45, 7) is 4.78. The molecule has 0 radical (unpaired) electrons. The highest BCUT2D eigenvalue weighted by molar-refractivity contribution is 9.10. The number of hydrogen-bond donors (Lipinski definition) is 0. The van der Waals surface area contributed by atoms with Gasteiger partial charge >= 0.3 is 0 Å². The van der Waals surface area contributed by atoms with Crippen molar-refractivity contribution in [1.29, 1.82) is 0 Å². The lowest BCUT2D eigenvalue weighted by molar-refractivity contribution is 0.0391. The quantitative estimate of drug-likeness (QED) is 0.821. The first kappa shape index (κ1) is 12.5. The lowest BCUT2D eigenvalue weighted by atomic mass is 10.3. The highest BCUT2D eigenvalue weighted by Gasteiger charge is 2.08. The molecule has 2 nitrogen and oxygen atoms in total. The number of ether oxygens (including phenoxy) is 2. The molecule has 15 heavy (non-hydrogen) atoms. The van der Waals surface area contributed by atoms with E-state index in [4.69, 9.17) is 9.47 Å². The molecule has 84 valence electrons. The molecule has 0 saturated heterocycles. The van der Waals surface area contributed by atoms with Crippen LogP contribution in [-0.2, 0) is 4.74 Å². The van der Waals surface area contributed by atoms with Crippen molar-refractivity contribution < 1.29 is 13.9 Å². The summed E-state index contributed by atoms with van der Waals surface area (Å²) in [7, 11) is 0. The fourth-order valence-electron chi connectivity index (χ4n) is 1.14. The van der Waals surface area contributed by atoms with Crippen molar-refractivity contribution in [3.8, 4) is 5.75 Å². The fraction of sp³-hybridized carbons (Fsp3) is 0.455. The molecule has 0 aliphatic carbocycles. The standard InChI is InChI=1S/C11H14BrFO2/c1-3-14-8(2)7-15-10-6-4-5-9(12)11(10)13/h4-6,8H,3,7H2,1-2H3. The van der Waals surface area contributed by atoms with Crippen molar-refractivity contribution in [1.82, 2.24) is 0 Å². The van der Waals surface area contributed by atoms with E-state index in [2.05, 4.69) is 15.9 Å². The predicted octanol–water partition coefficient (Wildman–Crippen LogP) is 3.39. The van der Waals surface area contributed by atoms with Gasteiger partial charge in [-0.2, -0.15) is 0 Å². The van der Waals surface area contributed by atoms with Gasteiger partial charge in [0.05, 0.1) is 10.6 Å². The molecule has 1 rings (SSSR count). The van der Waals surface area contributed by atoms with E-state index in [1.54, 1.807) is 18.2 Å². The molecule has 1 aromatic rings. The Labute approximate surface area is 97.5 Å². The molecule has 4 heteroatoms. The number of benzene rings is 1. The van der Waals surface area contributed by atoms with Crippen molar-refractivity contribution >= 4 is 15.9 Å². The van der Waals surface area contributed by atoms with Gasteiger partial charge in [0.2, 0.25) is 0 Å². The van der Waals surface area contributed by atoms with Crippen LogP contribution in [0.5, 0.6) is 5.75 Å². The van der Waals surface area contributed by atoms with Gasteiger partial charge in [-0.15, -0.1) is 0 Å². The summed E-state index contributed by atoms with van der Waals surface area (Å²) in [5, 5.41) is 0. The van der Waals surface area contributed by atoms with Crippen LogP contribution in [0.3, 0.4) is 0 Å². The van der Waals surface area contributed by atoms with Crippen LogP contribution in [0.15, 0.2) is 22.7 Å². The van der Waals surface area contributed by atoms with Gasteiger partial charge in [0.1, 0.15) is 6.61 Å². The molecule has 1 unspecified atom stereocenters. The smallest absolute Gasteiger partial charge is 0.179 e. The maximum absolute atomic E-state index is 13.4. The number of halogens is 2. The minimum atomic E-state index is -0.374. The summed E-state index contributed by atoms with van der Waals surface area (Å²) < 4.78 is 24.4. The third-order valence-electron chi connectivity index (χ3n) is 1.84. The molecule has 0 aliphatic heterocycles. The molecule has 0 heterocycles. The first-order chi connectivity index (χ1) is 7.15. The molecule has 0 saturated carbocycles. The van der Waals surface area contributed by atoms with Crippen LogP contribution in [0, 0.1) is 5.82 Å². The van der Waals surface area contributed by atoms with Gasteiger partial charge < -0.3 is 9.47 Å². The summed E-state index contributed by atoms with van der Waals surface area (Å²) in [5.41, 5.74) is 0. The molecule has 0 fully saturated rings. The van der Waals surface area contributed by atoms with E-state index in [-0.39, 0.29) is 17.7 Å². The van der Waals surface area contributed by atoms with Crippen LogP contribution >= 0.6 is 15.9 Å². The number of hydrogen-bond acceptors (Lipinski definition) is 2. The molecule has 0 aromatic heterocycles. The summed E-state index contributed by atoms with van der Waals surface area (Å²) in [4.78, 5) is 0. The van der Waals surface area contributed by atoms with Gasteiger partial charge in [-0.1, -0.05) is 6.07 Å². The van der Waals surface area contributed by atoms with E-state index in [0.29, 0.717) is 17.7 Å². The first-order valence-electron chi connectivity index (χ1n) is 4.83. The molecule has 1 atom stereocenters. The second kappa shape index (κ2) is 6.08. The van der Waals surface area contributed by atoms with Crippen molar-refractivity contribution in [2.45, 2.75) is 20.0 Å². The maximum atomic E-state index is 13.4. The Morgan fingerprint density at radius 3 is 2.87 bits per heavy atom. The lowest BCUT2D eigenvalue weighted by Crippen LogP contribution is -2.18. The fourth-order valence-corrected chi connectivity index (χ4v) is 1.48. The Balaban J connectivity index is 2.54. The Hall–Kier alpha value is -0.610. The van der Waals surface area contributed by atoms with Crippen molar-refractivity contribution in [2.75, 3.05) is 13.2 Å². The van der Waals surface area contributed by atoms with Crippen LogP contribution < -0.4 is 4.74 Å². The Morgan fingerprint density at radius 2 is 2.20 bits per heavy atom. The molecule has 0 spiro atoms. The van der Waals surface area contributed by atoms with Crippen LogP contribution in [-0.4, -0.2) is 19.3 Å². The molecule has 0 bridgehead atoms. The number of rotatable bonds is 5. The van der Waals surface area contributed by atoms with Gasteiger partial charge in [-0.05, 0) is 41.9 Å². The molecule has 0 aliphatic rings. The molecular formula is C11H14BrFO2. The van der Waals surface area contributed by atoms with Crippen molar-refractivity contribution in [3.05, 3.63) is 28.5 Å².